The van der Waals surface area contributed by atoms with Crippen LogP contribution >= 0.6 is 0 Å². The minimum atomic E-state index is -0.526. The van der Waals surface area contributed by atoms with Crippen LogP contribution in [-0.2, 0) is 7.05 Å². The molecule has 0 radical (unpaired) electrons. The highest BCUT2D eigenvalue weighted by Crippen LogP contribution is 2.24. The maximum absolute atomic E-state index is 10.7. The van der Waals surface area contributed by atoms with Gasteiger partial charge in [0.2, 0.25) is 6.33 Å². The third-order valence-electron chi connectivity index (χ3n) is 2.66. The summed E-state index contributed by atoms with van der Waals surface area (Å²) in [6.07, 6.45) is 2.44. The largest absolute Gasteiger partial charge is 0.472 e. The van der Waals surface area contributed by atoms with Crippen LogP contribution in [0.2, 0.25) is 0 Å². The van der Waals surface area contributed by atoms with Gasteiger partial charge in [-0.1, -0.05) is 0 Å². The molecule has 7 heteroatoms. The molecule has 1 N–H and O–H groups in total. The van der Waals surface area contributed by atoms with E-state index in [1.807, 2.05) is 0 Å². The first-order chi connectivity index (χ1) is 7.68. The smallest absolute Gasteiger partial charge is 0.426 e. The fourth-order valence-electron chi connectivity index (χ4n) is 1.75. The number of nitro groups is 1. The summed E-state index contributed by atoms with van der Waals surface area (Å²) in [5, 5.41) is 13.9. The van der Waals surface area contributed by atoms with E-state index >= 15 is 0 Å². The van der Waals surface area contributed by atoms with Gasteiger partial charge in [-0.2, -0.15) is 0 Å². The highest BCUT2D eigenvalue weighted by atomic mass is 16.6. The number of nitrogens with one attached hydrogen (secondary N) is 1. The molecule has 0 aliphatic carbocycles. The van der Waals surface area contributed by atoms with Gasteiger partial charge in [0.05, 0.1) is 6.61 Å². The van der Waals surface area contributed by atoms with Crippen LogP contribution in [0.5, 0.6) is 5.88 Å². The zero-order chi connectivity index (χ0) is 11.5. The molecular formula is C9H14N4O3. The van der Waals surface area contributed by atoms with Gasteiger partial charge in [0, 0.05) is 19.5 Å². The molecule has 7 nitrogen and oxygen atoms in total. The third kappa shape index (κ3) is 2.13. The Labute approximate surface area is 92.6 Å². The number of hydrogen-bond acceptors (Lipinski definition) is 5. The summed E-state index contributed by atoms with van der Waals surface area (Å²) < 4.78 is 7.00. The number of aryl methyl sites for hydroxylation is 1. The second-order valence-corrected chi connectivity index (χ2v) is 3.91. The summed E-state index contributed by atoms with van der Waals surface area (Å²) in [4.78, 5) is 13.8. The molecular weight excluding hydrogens is 212 g/mol. The lowest BCUT2D eigenvalue weighted by Crippen LogP contribution is -2.16. The fourth-order valence-corrected chi connectivity index (χ4v) is 1.75. The monoisotopic (exact) mass is 226 g/mol. The SMILES string of the molecule is Cn1cnc([N+](=O)[O-])c1OCC1CCNC1. The molecule has 0 bridgehead atoms. The van der Waals surface area contributed by atoms with Crippen LogP contribution in [0.3, 0.4) is 0 Å². The predicted octanol–water partition coefficient (Wildman–Crippen LogP) is 0.317. The molecule has 1 saturated heterocycles. The van der Waals surface area contributed by atoms with Crippen molar-refractivity contribution in [3.8, 4) is 5.88 Å². The Bertz CT molecular complexity index is 384. The number of hydrogen-bond donors (Lipinski definition) is 1. The molecule has 1 aromatic heterocycles. The Hall–Kier alpha value is -1.63. The maximum Gasteiger partial charge on any atom is 0.426 e. The first-order valence-electron chi connectivity index (χ1n) is 5.17. The Morgan fingerprint density at radius 2 is 2.62 bits per heavy atom. The highest BCUT2D eigenvalue weighted by Gasteiger charge is 2.23. The third-order valence-corrected chi connectivity index (χ3v) is 2.66. The molecule has 16 heavy (non-hydrogen) atoms. The molecule has 2 heterocycles. The average molecular weight is 226 g/mol. The Kier molecular flexibility index (Phi) is 3.04. The second kappa shape index (κ2) is 4.48. The van der Waals surface area contributed by atoms with Gasteiger partial charge in [-0.25, -0.2) is 0 Å². The van der Waals surface area contributed by atoms with Gasteiger partial charge in [-0.3, -0.25) is 4.57 Å². The van der Waals surface area contributed by atoms with Gasteiger partial charge in [0.1, 0.15) is 0 Å². The topological polar surface area (TPSA) is 82.2 Å². The van der Waals surface area contributed by atoms with E-state index in [0.717, 1.165) is 19.5 Å². The molecule has 0 saturated carbocycles. The first-order valence-corrected chi connectivity index (χ1v) is 5.17. The molecule has 0 aromatic carbocycles. The maximum atomic E-state index is 10.7. The fraction of sp³-hybridized carbons (Fsp3) is 0.667. The Balaban J connectivity index is 2.02. The van der Waals surface area contributed by atoms with Gasteiger partial charge in [-0.05, 0) is 22.9 Å². The molecule has 1 aromatic rings. The normalized spacial score (nSPS) is 19.9. The van der Waals surface area contributed by atoms with Crippen molar-refractivity contribution < 1.29 is 9.66 Å². The lowest BCUT2D eigenvalue weighted by atomic mass is 10.1. The number of rotatable bonds is 4. The number of ether oxygens (including phenoxy) is 1. The van der Waals surface area contributed by atoms with E-state index in [-0.39, 0.29) is 11.7 Å². The van der Waals surface area contributed by atoms with E-state index in [9.17, 15) is 10.1 Å². The predicted molar refractivity (Wildman–Crippen MR) is 56.3 cm³/mol. The minimum Gasteiger partial charge on any atom is -0.472 e. The summed E-state index contributed by atoms with van der Waals surface area (Å²) in [5.74, 6) is 0.444. The van der Waals surface area contributed by atoms with E-state index < -0.39 is 4.92 Å². The first kappa shape index (κ1) is 10.9. The standard InChI is InChI=1S/C9H14N4O3/c1-12-6-11-8(13(14)15)9(12)16-5-7-2-3-10-4-7/h6-7,10H,2-5H2,1H3. The van der Waals surface area contributed by atoms with Gasteiger partial charge in [0.15, 0.2) is 0 Å². The zero-order valence-electron chi connectivity index (χ0n) is 9.05. The van der Waals surface area contributed by atoms with Crippen LogP contribution < -0.4 is 10.1 Å². The Morgan fingerprint density at radius 3 is 3.25 bits per heavy atom. The van der Waals surface area contributed by atoms with Crippen molar-refractivity contribution >= 4 is 5.82 Å². The lowest BCUT2D eigenvalue weighted by Gasteiger charge is -2.09. The van der Waals surface area contributed by atoms with E-state index in [2.05, 4.69) is 10.3 Å². The molecule has 88 valence electrons. The van der Waals surface area contributed by atoms with Gasteiger partial charge < -0.3 is 20.2 Å². The van der Waals surface area contributed by atoms with Crippen molar-refractivity contribution in [1.29, 1.82) is 0 Å². The van der Waals surface area contributed by atoms with Crippen LogP contribution in [0.15, 0.2) is 6.33 Å². The van der Waals surface area contributed by atoms with Gasteiger partial charge >= 0.3 is 5.82 Å². The zero-order valence-corrected chi connectivity index (χ0v) is 9.05. The molecule has 1 atom stereocenters. The number of aromatic nitrogens is 2. The summed E-state index contributed by atoms with van der Waals surface area (Å²) in [6, 6.07) is 0. The van der Waals surface area contributed by atoms with Crippen LogP contribution in [0.25, 0.3) is 0 Å². The lowest BCUT2D eigenvalue weighted by molar-refractivity contribution is -0.390. The summed E-state index contributed by atoms with van der Waals surface area (Å²) in [6.45, 7) is 2.39. The van der Waals surface area contributed by atoms with Crippen molar-refractivity contribution in [3.63, 3.8) is 0 Å². The average Bonchev–Trinajstić information content (AvgIpc) is 2.84. The van der Waals surface area contributed by atoms with Crippen molar-refractivity contribution in [2.24, 2.45) is 13.0 Å². The van der Waals surface area contributed by atoms with Crippen LogP contribution in [0.4, 0.5) is 5.82 Å². The molecule has 2 rings (SSSR count). The summed E-state index contributed by atoms with van der Waals surface area (Å²) >= 11 is 0. The van der Waals surface area contributed by atoms with E-state index in [1.165, 1.54) is 10.9 Å². The Morgan fingerprint density at radius 1 is 1.81 bits per heavy atom. The molecule has 0 amide bonds. The molecule has 0 spiro atoms. The van der Waals surface area contributed by atoms with Crippen molar-refractivity contribution in [2.45, 2.75) is 6.42 Å². The van der Waals surface area contributed by atoms with Crippen molar-refractivity contribution in [2.75, 3.05) is 19.7 Å². The van der Waals surface area contributed by atoms with Crippen LogP contribution in [0, 0.1) is 16.0 Å². The van der Waals surface area contributed by atoms with Crippen LogP contribution in [-0.4, -0.2) is 34.2 Å². The van der Waals surface area contributed by atoms with Crippen molar-refractivity contribution in [3.05, 3.63) is 16.4 Å². The molecule has 1 fully saturated rings. The van der Waals surface area contributed by atoms with E-state index in [1.54, 1.807) is 7.05 Å². The highest BCUT2D eigenvalue weighted by molar-refractivity contribution is 5.33. The van der Waals surface area contributed by atoms with E-state index in [4.69, 9.17) is 4.74 Å². The molecule has 1 unspecified atom stereocenters. The van der Waals surface area contributed by atoms with Gasteiger partial charge in [-0.15, -0.1) is 0 Å². The van der Waals surface area contributed by atoms with Crippen LogP contribution in [0.1, 0.15) is 6.42 Å². The molecule has 1 aliphatic heterocycles. The van der Waals surface area contributed by atoms with Gasteiger partial charge in [0.25, 0.3) is 5.88 Å². The second-order valence-electron chi connectivity index (χ2n) is 3.91. The molecule has 1 aliphatic rings. The summed E-state index contributed by atoms with van der Waals surface area (Å²) in [7, 11) is 1.68. The number of nitrogens with zero attached hydrogens (tertiary/aromatic N) is 3. The minimum absolute atomic E-state index is 0.214. The van der Waals surface area contributed by atoms with E-state index in [0.29, 0.717) is 12.5 Å². The number of imidazole rings is 1. The quantitative estimate of drug-likeness (QED) is 0.590. The van der Waals surface area contributed by atoms with Crippen molar-refractivity contribution in [1.82, 2.24) is 14.9 Å². The summed E-state index contributed by atoms with van der Waals surface area (Å²) in [5.41, 5.74) is 0.